The third kappa shape index (κ3) is 5.91. The van der Waals surface area contributed by atoms with Gasteiger partial charge in [0.2, 0.25) is 5.91 Å². The average Bonchev–Trinajstić information content (AvgIpc) is 2.58. The van der Waals surface area contributed by atoms with Crippen molar-refractivity contribution in [3.8, 4) is 0 Å². The van der Waals surface area contributed by atoms with Crippen LogP contribution in [0.5, 0.6) is 0 Å². The van der Waals surface area contributed by atoms with Gasteiger partial charge in [0.25, 0.3) is 0 Å². The Labute approximate surface area is 149 Å². The number of hydrogen-bond acceptors (Lipinski definition) is 2. The normalized spacial score (nSPS) is 11.1. The summed E-state index contributed by atoms with van der Waals surface area (Å²) in [4.78, 5) is 23.1. The number of rotatable bonds is 6. The minimum absolute atomic E-state index is 0.243. The number of aryl methyl sites for hydroxylation is 2. The number of carbonyl (C=O) groups is 2. The molecule has 0 radical (unpaired) electrons. The zero-order chi connectivity index (χ0) is 19.2. The van der Waals surface area contributed by atoms with Gasteiger partial charge in [-0.2, -0.15) is 13.2 Å². The fourth-order valence-electron chi connectivity index (χ4n) is 2.41. The first kappa shape index (κ1) is 19.5. The van der Waals surface area contributed by atoms with E-state index < -0.39 is 12.1 Å². The van der Waals surface area contributed by atoms with E-state index >= 15 is 0 Å². The predicted molar refractivity (Wildman–Crippen MR) is 92.5 cm³/mol. The molecule has 0 aliphatic rings. The van der Waals surface area contributed by atoms with Gasteiger partial charge in [0, 0.05) is 18.7 Å². The van der Waals surface area contributed by atoms with E-state index in [9.17, 15) is 22.8 Å². The zero-order valence-electron chi connectivity index (χ0n) is 14.2. The van der Waals surface area contributed by atoms with Crippen LogP contribution in [0.2, 0.25) is 0 Å². The van der Waals surface area contributed by atoms with Crippen LogP contribution in [0.15, 0.2) is 48.5 Å². The van der Waals surface area contributed by atoms with Crippen molar-refractivity contribution in [3.63, 3.8) is 0 Å². The van der Waals surface area contributed by atoms with E-state index in [2.05, 4.69) is 5.32 Å². The highest BCUT2D eigenvalue weighted by molar-refractivity contribution is 5.91. The van der Waals surface area contributed by atoms with Gasteiger partial charge in [0.1, 0.15) is 0 Å². The SMILES string of the molecule is Cc1cccc(CCC(=O)Nc2ccccc2CNC(=O)C(F)(F)F)c1. The van der Waals surface area contributed by atoms with Gasteiger partial charge < -0.3 is 10.6 Å². The maximum atomic E-state index is 12.3. The van der Waals surface area contributed by atoms with Gasteiger partial charge >= 0.3 is 12.1 Å². The summed E-state index contributed by atoms with van der Waals surface area (Å²) in [6, 6.07) is 14.2. The Morgan fingerprint density at radius 1 is 1.04 bits per heavy atom. The van der Waals surface area contributed by atoms with Crippen LogP contribution in [-0.2, 0) is 22.6 Å². The zero-order valence-corrected chi connectivity index (χ0v) is 14.2. The Morgan fingerprint density at radius 3 is 2.46 bits per heavy atom. The van der Waals surface area contributed by atoms with Gasteiger partial charge in [-0.3, -0.25) is 9.59 Å². The number of benzene rings is 2. The van der Waals surface area contributed by atoms with Crippen LogP contribution < -0.4 is 10.6 Å². The van der Waals surface area contributed by atoms with Gasteiger partial charge in [0.05, 0.1) is 0 Å². The molecule has 2 amide bonds. The minimum atomic E-state index is -4.94. The number of hydrogen-bond donors (Lipinski definition) is 2. The van der Waals surface area contributed by atoms with Gasteiger partial charge in [-0.25, -0.2) is 0 Å². The third-order valence-corrected chi connectivity index (χ3v) is 3.71. The van der Waals surface area contributed by atoms with E-state index in [1.54, 1.807) is 29.6 Å². The van der Waals surface area contributed by atoms with Crippen molar-refractivity contribution >= 4 is 17.5 Å². The second-order valence-electron chi connectivity index (χ2n) is 5.87. The summed E-state index contributed by atoms with van der Waals surface area (Å²) in [6.45, 7) is 1.64. The highest BCUT2D eigenvalue weighted by Gasteiger charge is 2.38. The lowest BCUT2D eigenvalue weighted by atomic mass is 10.1. The molecule has 0 saturated heterocycles. The molecule has 0 spiro atoms. The van der Waals surface area contributed by atoms with E-state index in [1.807, 2.05) is 31.2 Å². The van der Waals surface area contributed by atoms with E-state index in [1.165, 1.54) is 0 Å². The molecular weight excluding hydrogens is 345 g/mol. The smallest absolute Gasteiger partial charge is 0.344 e. The Balaban J connectivity index is 1.94. The minimum Gasteiger partial charge on any atom is -0.344 e. The number of amides is 2. The first-order chi connectivity index (χ1) is 12.3. The standard InChI is InChI=1S/C19H19F3N2O2/c1-13-5-4-6-14(11-13)9-10-17(25)24-16-8-3-2-7-15(16)12-23-18(26)19(20,21)22/h2-8,11H,9-10,12H2,1H3,(H,23,26)(H,24,25). The molecule has 26 heavy (non-hydrogen) atoms. The van der Waals surface area contributed by atoms with Crippen molar-refractivity contribution in [2.75, 3.05) is 5.32 Å². The molecule has 7 heteroatoms. The number of alkyl halides is 3. The molecule has 0 atom stereocenters. The van der Waals surface area contributed by atoms with E-state index in [-0.39, 0.29) is 18.9 Å². The van der Waals surface area contributed by atoms with E-state index in [0.717, 1.165) is 11.1 Å². The number of para-hydroxylation sites is 1. The van der Waals surface area contributed by atoms with Crippen LogP contribution in [0.3, 0.4) is 0 Å². The molecule has 2 aromatic carbocycles. The van der Waals surface area contributed by atoms with Crippen LogP contribution in [0, 0.1) is 6.92 Å². The topological polar surface area (TPSA) is 58.2 Å². The molecule has 0 unspecified atom stereocenters. The highest BCUT2D eigenvalue weighted by atomic mass is 19.4. The lowest BCUT2D eigenvalue weighted by Gasteiger charge is -2.13. The van der Waals surface area contributed by atoms with Crippen LogP contribution in [-0.4, -0.2) is 18.0 Å². The second kappa shape index (κ2) is 8.51. The third-order valence-electron chi connectivity index (χ3n) is 3.71. The number of nitrogens with one attached hydrogen (secondary N) is 2. The molecule has 2 N–H and O–H groups in total. The van der Waals surface area contributed by atoms with E-state index in [0.29, 0.717) is 17.7 Å². The highest BCUT2D eigenvalue weighted by Crippen LogP contribution is 2.18. The largest absolute Gasteiger partial charge is 0.471 e. The first-order valence-corrected chi connectivity index (χ1v) is 8.04. The number of carbonyl (C=O) groups excluding carboxylic acids is 2. The summed E-state index contributed by atoms with van der Waals surface area (Å²) < 4.78 is 36.8. The van der Waals surface area contributed by atoms with Gasteiger partial charge in [-0.15, -0.1) is 0 Å². The Bertz CT molecular complexity index is 788. The monoisotopic (exact) mass is 364 g/mol. The average molecular weight is 364 g/mol. The summed E-state index contributed by atoms with van der Waals surface area (Å²) in [5.41, 5.74) is 2.91. The molecule has 0 fully saturated rings. The van der Waals surface area contributed by atoms with Gasteiger partial charge in [-0.05, 0) is 30.5 Å². The predicted octanol–water partition coefficient (Wildman–Crippen LogP) is 3.74. The van der Waals surface area contributed by atoms with Crippen LogP contribution in [0.4, 0.5) is 18.9 Å². The molecule has 0 saturated carbocycles. The van der Waals surface area contributed by atoms with Crippen molar-refractivity contribution < 1.29 is 22.8 Å². The van der Waals surface area contributed by atoms with E-state index in [4.69, 9.17) is 0 Å². The van der Waals surface area contributed by atoms with Crippen molar-refractivity contribution in [3.05, 3.63) is 65.2 Å². The summed E-state index contributed by atoms with van der Waals surface area (Å²) in [5, 5.41) is 4.49. The maximum absolute atomic E-state index is 12.3. The van der Waals surface area contributed by atoms with Crippen LogP contribution in [0.25, 0.3) is 0 Å². The molecule has 2 rings (SSSR count). The van der Waals surface area contributed by atoms with Crippen molar-refractivity contribution in [1.82, 2.24) is 5.32 Å². The molecule has 0 aromatic heterocycles. The Kier molecular flexibility index (Phi) is 6.38. The lowest BCUT2D eigenvalue weighted by molar-refractivity contribution is -0.173. The van der Waals surface area contributed by atoms with Crippen LogP contribution >= 0.6 is 0 Å². The fourth-order valence-corrected chi connectivity index (χ4v) is 2.41. The first-order valence-electron chi connectivity index (χ1n) is 8.04. The summed E-state index contributed by atoms with van der Waals surface area (Å²) >= 11 is 0. The summed E-state index contributed by atoms with van der Waals surface area (Å²) in [7, 11) is 0. The molecule has 0 aliphatic heterocycles. The van der Waals surface area contributed by atoms with Crippen molar-refractivity contribution in [2.24, 2.45) is 0 Å². The van der Waals surface area contributed by atoms with Crippen molar-refractivity contribution in [2.45, 2.75) is 32.5 Å². The molecule has 138 valence electrons. The molecule has 0 bridgehead atoms. The van der Waals surface area contributed by atoms with Crippen LogP contribution in [0.1, 0.15) is 23.1 Å². The molecule has 2 aromatic rings. The summed E-state index contributed by atoms with van der Waals surface area (Å²) in [5.74, 6) is -2.26. The lowest BCUT2D eigenvalue weighted by Crippen LogP contribution is -2.36. The fraction of sp³-hybridized carbons (Fsp3) is 0.263. The summed E-state index contributed by atoms with van der Waals surface area (Å²) in [6.07, 6.45) is -4.14. The van der Waals surface area contributed by atoms with Gasteiger partial charge in [-0.1, -0.05) is 48.0 Å². The second-order valence-corrected chi connectivity index (χ2v) is 5.87. The quantitative estimate of drug-likeness (QED) is 0.820. The molecule has 4 nitrogen and oxygen atoms in total. The van der Waals surface area contributed by atoms with Crippen molar-refractivity contribution in [1.29, 1.82) is 0 Å². The Hall–Kier alpha value is -2.83. The van der Waals surface area contributed by atoms with Gasteiger partial charge in [0.15, 0.2) is 0 Å². The number of anilines is 1. The molecule has 0 heterocycles. The Morgan fingerprint density at radius 2 is 1.77 bits per heavy atom. The molecular formula is C19H19F3N2O2. The molecule has 0 aliphatic carbocycles. The maximum Gasteiger partial charge on any atom is 0.471 e. The number of halogens is 3.